The summed E-state index contributed by atoms with van der Waals surface area (Å²) in [6.07, 6.45) is 0.734. The van der Waals surface area contributed by atoms with Crippen LogP contribution in [0.5, 0.6) is 5.75 Å². The molecule has 2 aromatic carbocycles. The highest BCUT2D eigenvalue weighted by atomic mass is 79.9. The monoisotopic (exact) mass is 400 g/mol. The normalized spacial score (nSPS) is 12.2. The third-order valence-electron chi connectivity index (χ3n) is 2.92. The van der Waals surface area contributed by atoms with E-state index in [-0.39, 0.29) is 10.6 Å². The van der Waals surface area contributed by atoms with Crippen molar-refractivity contribution in [3.63, 3.8) is 0 Å². The second kappa shape index (κ2) is 7.23. The Balaban J connectivity index is 2.13. The van der Waals surface area contributed by atoms with Crippen molar-refractivity contribution in [2.75, 3.05) is 6.61 Å². The van der Waals surface area contributed by atoms with Crippen molar-refractivity contribution < 1.29 is 9.13 Å². The average Bonchev–Trinajstić information content (AvgIpc) is 2.41. The predicted octanol–water partition coefficient (Wildman–Crippen LogP) is 5.67. The highest BCUT2D eigenvalue weighted by Gasteiger charge is 2.11. The highest BCUT2D eigenvalue weighted by Crippen LogP contribution is 2.33. The second-order valence-corrected chi connectivity index (χ2v) is 6.38. The number of ether oxygens (including phenoxy) is 1. The van der Waals surface area contributed by atoms with Crippen LogP contribution in [0.3, 0.4) is 0 Å². The maximum atomic E-state index is 13.2. The molecule has 1 nitrogen and oxygen atoms in total. The predicted molar refractivity (Wildman–Crippen MR) is 87.1 cm³/mol. The molecule has 0 bridgehead atoms. The van der Waals surface area contributed by atoms with Crippen molar-refractivity contribution in [1.82, 2.24) is 0 Å². The first-order chi connectivity index (χ1) is 9.60. The zero-order valence-corrected chi connectivity index (χ0v) is 14.2. The lowest BCUT2D eigenvalue weighted by Crippen LogP contribution is -1.98. The molecule has 0 aliphatic heterocycles. The van der Waals surface area contributed by atoms with E-state index in [1.807, 2.05) is 31.2 Å². The van der Waals surface area contributed by atoms with Gasteiger partial charge < -0.3 is 4.74 Å². The zero-order chi connectivity index (χ0) is 14.5. The number of hydrogen-bond donors (Lipinski definition) is 0. The van der Waals surface area contributed by atoms with Gasteiger partial charge in [-0.15, -0.1) is 0 Å². The van der Waals surface area contributed by atoms with Gasteiger partial charge in [0.25, 0.3) is 0 Å². The van der Waals surface area contributed by atoms with Gasteiger partial charge in [0.15, 0.2) is 0 Å². The summed E-state index contributed by atoms with van der Waals surface area (Å²) in [5.74, 6) is 0.636. The van der Waals surface area contributed by atoms with Crippen molar-refractivity contribution in [3.05, 3.63) is 63.9 Å². The van der Waals surface area contributed by atoms with Crippen LogP contribution in [0.1, 0.15) is 22.9 Å². The van der Waals surface area contributed by atoms with Crippen LogP contribution in [-0.2, 0) is 6.42 Å². The van der Waals surface area contributed by atoms with E-state index < -0.39 is 0 Å². The third-order valence-corrected chi connectivity index (χ3v) is 4.39. The van der Waals surface area contributed by atoms with E-state index in [1.165, 1.54) is 6.07 Å². The maximum absolute atomic E-state index is 13.2. The smallest absolute Gasteiger partial charge is 0.133 e. The Hall–Kier alpha value is -0.870. The van der Waals surface area contributed by atoms with Crippen LogP contribution in [-0.4, -0.2) is 6.61 Å². The summed E-state index contributed by atoms with van der Waals surface area (Å²) in [6, 6.07) is 12.7. The lowest BCUT2D eigenvalue weighted by Gasteiger charge is -2.13. The van der Waals surface area contributed by atoms with Gasteiger partial charge in [-0.25, -0.2) is 4.39 Å². The SMILES string of the molecule is CCOc1ccc(C(Br)Cc2cccc(F)c2)cc1Br. The molecule has 0 aliphatic rings. The molecule has 1 atom stereocenters. The highest BCUT2D eigenvalue weighted by molar-refractivity contribution is 9.10. The number of hydrogen-bond acceptors (Lipinski definition) is 1. The molecule has 2 rings (SSSR count). The number of benzene rings is 2. The summed E-state index contributed by atoms with van der Waals surface area (Å²) in [7, 11) is 0. The van der Waals surface area contributed by atoms with Crippen LogP contribution in [0.2, 0.25) is 0 Å². The molecule has 20 heavy (non-hydrogen) atoms. The van der Waals surface area contributed by atoms with Gasteiger partial charge in [0, 0.05) is 4.83 Å². The van der Waals surface area contributed by atoms with Crippen LogP contribution in [0.4, 0.5) is 4.39 Å². The lowest BCUT2D eigenvalue weighted by atomic mass is 10.0. The standard InChI is InChI=1S/C16H15Br2FO/c1-2-20-16-7-6-12(10-15(16)18)14(17)9-11-4-3-5-13(19)8-11/h3-8,10,14H,2,9H2,1H3. The van der Waals surface area contributed by atoms with Crippen molar-refractivity contribution in [2.24, 2.45) is 0 Å². The summed E-state index contributed by atoms with van der Waals surface area (Å²) in [6.45, 7) is 2.59. The first kappa shape index (κ1) is 15.5. The van der Waals surface area contributed by atoms with E-state index >= 15 is 0 Å². The van der Waals surface area contributed by atoms with Crippen molar-refractivity contribution in [2.45, 2.75) is 18.2 Å². The Morgan fingerprint density at radius 1 is 1.20 bits per heavy atom. The lowest BCUT2D eigenvalue weighted by molar-refractivity contribution is 0.338. The molecule has 0 fully saturated rings. The van der Waals surface area contributed by atoms with E-state index in [1.54, 1.807) is 12.1 Å². The van der Waals surface area contributed by atoms with Gasteiger partial charge in [-0.1, -0.05) is 34.1 Å². The summed E-state index contributed by atoms with van der Waals surface area (Å²) in [5.41, 5.74) is 2.10. The van der Waals surface area contributed by atoms with Crippen LogP contribution < -0.4 is 4.74 Å². The van der Waals surface area contributed by atoms with Gasteiger partial charge in [-0.3, -0.25) is 0 Å². The summed E-state index contributed by atoms with van der Waals surface area (Å²) < 4.78 is 19.6. The number of rotatable bonds is 5. The van der Waals surface area contributed by atoms with E-state index in [2.05, 4.69) is 31.9 Å². The van der Waals surface area contributed by atoms with Gasteiger partial charge >= 0.3 is 0 Å². The minimum Gasteiger partial charge on any atom is -0.493 e. The second-order valence-electron chi connectivity index (χ2n) is 4.42. The minimum atomic E-state index is -0.199. The number of alkyl halides is 1. The first-order valence-electron chi connectivity index (χ1n) is 6.41. The maximum Gasteiger partial charge on any atom is 0.133 e. The largest absolute Gasteiger partial charge is 0.493 e. The fourth-order valence-corrected chi connectivity index (χ4v) is 3.14. The van der Waals surface area contributed by atoms with Crippen molar-refractivity contribution in [3.8, 4) is 5.75 Å². The molecule has 0 aromatic heterocycles. The number of halogens is 3. The molecule has 2 aromatic rings. The molecule has 0 amide bonds. The quantitative estimate of drug-likeness (QED) is 0.587. The molecule has 0 N–H and O–H groups in total. The van der Waals surface area contributed by atoms with E-state index in [9.17, 15) is 4.39 Å². The van der Waals surface area contributed by atoms with E-state index in [0.717, 1.165) is 27.8 Å². The van der Waals surface area contributed by atoms with Gasteiger partial charge in [0.1, 0.15) is 11.6 Å². The average molecular weight is 402 g/mol. The fraction of sp³-hybridized carbons (Fsp3) is 0.250. The van der Waals surface area contributed by atoms with E-state index in [4.69, 9.17) is 4.74 Å². The van der Waals surface area contributed by atoms with Gasteiger partial charge in [0.2, 0.25) is 0 Å². The third kappa shape index (κ3) is 4.06. The Morgan fingerprint density at radius 2 is 2.00 bits per heavy atom. The Labute approximate surface area is 135 Å². The van der Waals surface area contributed by atoms with Gasteiger partial charge in [0.05, 0.1) is 11.1 Å². The topological polar surface area (TPSA) is 9.23 Å². The van der Waals surface area contributed by atoms with Crippen molar-refractivity contribution >= 4 is 31.9 Å². The molecular formula is C16H15Br2FO. The minimum absolute atomic E-state index is 0.135. The molecule has 0 radical (unpaired) electrons. The molecule has 0 saturated carbocycles. The van der Waals surface area contributed by atoms with Gasteiger partial charge in [-0.05, 0) is 64.7 Å². The molecule has 0 aliphatic carbocycles. The molecule has 106 valence electrons. The van der Waals surface area contributed by atoms with Crippen LogP contribution in [0, 0.1) is 5.82 Å². The fourth-order valence-electron chi connectivity index (χ4n) is 1.97. The van der Waals surface area contributed by atoms with Crippen LogP contribution in [0.25, 0.3) is 0 Å². The van der Waals surface area contributed by atoms with E-state index in [0.29, 0.717) is 6.61 Å². The first-order valence-corrected chi connectivity index (χ1v) is 8.11. The Kier molecular flexibility index (Phi) is 5.61. The molecule has 1 unspecified atom stereocenters. The Bertz CT molecular complexity index is 586. The zero-order valence-electron chi connectivity index (χ0n) is 11.1. The molecule has 0 saturated heterocycles. The summed E-state index contributed by atoms with van der Waals surface area (Å²) >= 11 is 7.17. The molecule has 0 spiro atoms. The van der Waals surface area contributed by atoms with Crippen LogP contribution >= 0.6 is 31.9 Å². The van der Waals surface area contributed by atoms with Gasteiger partial charge in [-0.2, -0.15) is 0 Å². The molecular weight excluding hydrogens is 387 g/mol. The van der Waals surface area contributed by atoms with Crippen molar-refractivity contribution in [1.29, 1.82) is 0 Å². The molecule has 4 heteroatoms. The Morgan fingerprint density at radius 3 is 2.65 bits per heavy atom. The molecule has 0 heterocycles. The summed E-state index contributed by atoms with van der Waals surface area (Å²) in [5, 5.41) is 0. The summed E-state index contributed by atoms with van der Waals surface area (Å²) in [4.78, 5) is 0.135. The van der Waals surface area contributed by atoms with Crippen LogP contribution in [0.15, 0.2) is 46.9 Å².